The predicted molar refractivity (Wildman–Crippen MR) is 99.7 cm³/mol. The van der Waals surface area contributed by atoms with Gasteiger partial charge in [0, 0.05) is 33.1 Å². The van der Waals surface area contributed by atoms with Crippen molar-refractivity contribution in [2.75, 3.05) is 27.2 Å². The lowest BCUT2D eigenvalue weighted by Crippen LogP contribution is -2.41. The first-order valence-corrected chi connectivity index (χ1v) is 8.84. The van der Waals surface area contributed by atoms with Gasteiger partial charge in [-0.05, 0) is 49.2 Å². The number of likely N-dealkylation sites (tertiary alicyclic amines) is 1. The zero-order valence-electron chi connectivity index (χ0n) is 15.0. The Labute approximate surface area is 150 Å². The number of ether oxygens (including phenoxy) is 1. The van der Waals surface area contributed by atoms with E-state index in [1.807, 2.05) is 54.4 Å². The molecule has 0 radical (unpaired) electrons. The first kappa shape index (κ1) is 17.5. The molecule has 4 heteroatoms. The Kier molecular flexibility index (Phi) is 5.71. The Hall–Kier alpha value is -2.33. The van der Waals surface area contributed by atoms with Gasteiger partial charge in [-0.15, -0.1) is 0 Å². The molecule has 1 heterocycles. The van der Waals surface area contributed by atoms with E-state index in [1.54, 1.807) is 0 Å². The molecule has 0 bridgehead atoms. The maximum atomic E-state index is 11.6. The van der Waals surface area contributed by atoms with Crippen LogP contribution in [0.1, 0.15) is 18.4 Å². The summed E-state index contributed by atoms with van der Waals surface area (Å²) in [6.45, 7) is 2.78. The second kappa shape index (κ2) is 8.17. The number of carbonyl (C=O) groups is 1. The van der Waals surface area contributed by atoms with E-state index < -0.39 is 0 Å². The fourth-order valence-corrected chi connectivity index (χ4v) is 3.35. The topological polar surface area (TPSA) is 32.8 Å². The molecule has 132 valence electrons. The van der Waals surface area contributed by atoms with Crippen molar-refractivity contribution >= 4 is 5.91 Å². The van der Waals surface area contributed by atoms with Gasteiger partial charge < -0.3 is 14.5 Å². The average Bonchev–Trinajstić information content (AvgIpc) is 2.61. The van der Waals surface area contributed by atoms with Gasteiger partial charge in [0.05, 0.1) is 0 Å². The van der Waals surface area contributed by atoms with Crippen LogP contribution in [0, 0.1) is 5.92 Å². The minimum atomic E-state index is 0.271. The van der Waals surface area contributed by atoms with E-state index in [-0.39, 0.29) is 5.91 Å². The number of carbonyl (C=O) groups excluding carboxylic acids is 1. The number of piperidine rings is 1. The molecule has 1 aliphatic rings. The summed E-state index contributed by atoms with van der Waals surface area (Å²) in [6, 6.07) is 18.1. The van der Waals surface area contributed by atoms with Gasteiger partial charge in [-0.3, -0.25) is 4.79 Å². The Morgan fingerprint density at radius 3 is 2.44 bits per heavy atom. The summed E-state index contributed by atoms with van der Waals surface area (Å²) >= 11 is 0. The lowest BCUT2D eigenvalue weighted by Gasteiger charge is -2.32. The molecule has 1 aliphatic heterocycles. The molecule has 1 unspecified atom stereocenters. The van der Waals surface area contributed by atoms with Crippen LogP contribution in [0.25, 0.3) is 0 Å². The third kappa shape index (κ3) is 5.07. The standard InChI is InChI=1S/C21H26N2O2/c1-22(15-18-10-13-21(24)23(2)16-18)14-17-8-11-20(12-9-17)25-19-6-4-3-5-7-19/h3-9,11-12,18H,10,13-16H2,1-2H3. The van der Waals surface area contributed by atoms with E-state index in [0.29, 0.717) is 12.3 Å². The molecule has 4 nitrogen and oxygen atoms in total. The molecule has 25 heavy (non-hydrogen) atoms. The highest BCUT2D eigenvalue weighted by Crippen LogP contribution is 2.22. The van der Waals surface area contributed by atoms with Crippen molar-refractivity contribution < 1.29 is 9.53 Å². The summed E-state index contributed by atoms with van der Waals surface area (Å²) in [5, 5.41) is 0. The molecule has 1 fully saturated rings. The minimum absolute atomic E-state index is 0.271. The van der Waals surface area contributed by atoms with E-state index in [2.05, 4.69) is 24.1 Å². The Bertz CT molecular complexity index is 685. The summed E-state index contributed by atoms with van der Waals surface area (Å²) in [4.78, 5) is 15.8. The van der Waals surface area contributed by atoms with E-state index in [0.717, 1.165) is 37.6 Å². The van der Waals surface area contributed by atoms with Crippen molar-refractivity contribution in [2.45, 2.75) is 19.4 Å². The number of amides is 1. The minimum Gasteiger partial charge on any atom is -0.457 e. The first-order chi connectivity index (χ1) is 12.1. The van der Waals surface area contributed by atoms with Crippen LogP contribution in [0.3, 0.4) is 0 Å². The van der Waals surface area contributed by atoms with Crippen LogP contribution in [0.4, 0.5) is 0 Å². The van der Waals surface area contributed by atoms with Gasteiger partial charge in [0.25, 0.3) is 0 Å². The SMILES string of the molecule is CN(Cc1ccc(Oc2ccccc2)cc1)CC1CCC(=O)N(C)C1. The smallest absolute Gasteiger partial charge is 0.222 e. The van der Waals surface area contributed by atoms with Crippen LogP contribution < -0.4 is 4.74 Å². The Morgan fingerprint density at radius 1 is 1.08 bits per heavy atom. The molecule has 3 rings (SSSR count). The number of benzene rings is 2. The molecule has 2 aromatic carbocycles. The molecule has 0 aliphatic carbocycles. The van der Waals surface area contributed by atoms with Crippen molar-refractivity contribution in [1.29, 1.82) is 0 Å². The van der Waals surface area contributed by atoms with Crippen LogP contribution in [-0.2, 0) is 11.3 Å². The maximum Gasteiger partial charge on any atom is 0.222 e. The Balaban J connectivity index is 1.50. The zero-order chi connectivity index (χ0) is 17.6. The molecular formula is C21H26N2O2. The molecule has 0 N–H and O–H groups in total. The zero-order valence-corrected chi connectivity index (χ0v) is 15.0. The van der Waals surface area contributed by atoms with Gasteiger partial charge in [0.15, 0.2) is 0 Å². The third-order valence-electron chi connectivity index (χ3n) is 4.65. The predicted octanol–water partition coefficient (Wildman–Crippen LogP) is 3.78. The van der Waals surface area contributed by atoms with E-state index >= 15 is 0 Å². The number of hydrogen-bond acceptors (Lipinski definition) is 3. The number of nitrogens with zero attached hydrogens (tertiary/aromatic N) is 2. The molecule has 1 saturated heterocycles. The van der Waals surface area contributed by atoms with Crippen molar-refractivity contribution in [2.24, 2.45) is 5.92 Å². The average molecular weight is 338 g/mol. The summed E-state index contributed by atoms with van der Waals surface area (Å²) in [6.07, 6.45) is 1.68. The van der Waals surface area contributed by atoms with Gasteiger partial charge in [-0.25, -0.2) is 0 Å². The monoisotopic (exact) mass is 338 g/mol. The highest BCUT2D eigenvalue weighted by atomic mass is 16.5. The van der Waals surface area contributed by atoms with Crippen molar-refractivity contribution in [3.8, 4) is 11.5 Å². The van der Waals surface area contributed by atoms with Crippen LogP contribution in [-0.4, -0.2) is 42.9 Å². The number of hydrogen-bond donors (Lipinski definition) is 0. The van der Waals surface area contributed by atoms with Gasteiger partial charge in [-0.2, -0.15) is 0 Å². The van der Waals surface area contributed by atoms with Crippen molar-refractivity contribution in [3.63, 3.8) is 0 Å². The van der Waals surface area contributed by atoms with Gasteiger partial charge in [0.2, 0.25) is 5.91 Å². The van der Waals surface area contributed by atoms with Crippen LogP contribution in [0.2, 0.25) is 0 Å². The molecule has 2 aromatic rings. The summed E-state index contributed by atoms with van der Waals surface area (Å²) in [7, 11) is 4.05. The second-order valence-electron chi connectivity index (χ2n) is 6.93. The maximum absolute atomic E-state index is 11.6. The summed E-state index contributed by atoms with van der Waals surface area (Å²) in [5.41, 5.74) is 1.27. The lowest BCUT2D eigenvalue weighted by atomic mass is 9.97. The highest BCUT2D eigenvalue weighted by Gasteiger charge is 2.23. The molecule has 0 spiro atoms. The summed E-state index contributed by atoms with van der Waals surface area (Å²) in [5.74, 6) is 2.54. The molecule has 1 amide bonds. The second-order valence-corrected chi connectivity index (χ2v) is 6.93. The van der Waals surface area contributed by atoms with E-state index in [4.69, 9.17) is 4.74 Å². The van der Waals surface area contributed by atoms with Crippen LogP contribution in [0.15, 0.2) is 54.6 Å². The molecule has 0 aromatic heterocycles. The molecular weight excluding hydrogens is 312 g/mol. The van der Waals surface area contributed by atoms with Crippen LogP contribution >= 0.6 is 0 Å². The number of para-hydroxylation sites is 1. The molecule has 0 saturated carbocycles. The highest BCUT2D eigenvalue weighted by molar-refractivity contribution is 5.76. The van der Waals surface area contributed by atoms with Gasteiger partial charge in [-0.1, -0.05) is 30.3 Å². The quantitative estimate of drug-likeness (QED) is 0.803. The third-order valence-corrected chi connectivity index (χ3v) is 4.65. The van der Waals surface area contributed by atoms with Crippen LogP contribution in [0.5, 0.6) is 11.5 Å². The van der Waals surface area contributed by atoms with Crippen molar-refractivity contribution in [1.82, 2.24) is 9.80 Å². The van der Waals surface area contributed by atoms with Crippen molar-refractivity contribution in [3.05, 3.63) is 60.2 Å². The van der Waals surface area contributed by atoms with E-state index in [9.17, 15) is 4.79 Å². The fourth-order valence-electron chi connectivity index (χ4n) is 3.35. The Morgan fingerprint density at radius 2 is 1.76 bits per heavy atom. The molecule has 1 atom stereocenters. The number of rotatable bonds is 6. The van der Waals surface area contributed by atoms with E-state index in [1.165, 1.54) is 5.56 Å². The van der Waals surface area contributed by atoms with Gasteiger partial charge in [0.1, 0.15) is 11.5 Å². The normalized spacial score (nSPS) is 17.8. The lowest BCUT2D eigenvalue weighted by molar-refractivity contribution is -0.133. The fraction of sp³-hybridized carbons (Fsp3) is 0.381. The largest absolute Gasteiger partial charge is 0.457 e. The summed E-state index contributed by atoms with van der Waals surface area (Å²) < 4.78 is 5.83. The van der Waals surface area contributed by atoms with Gasteiger partial charge >= 0.3 is 0 Å². The first-order valence-electron chi connectivity index (χ1n) is 8.84.